The molecule has 1 saturated heterocycles. The van der Waals surface area contributed by atoms with E-state index in [-0.39, 0.29) is 11.5 Å². The average Bonchev–Trinajstić information content (AvgIpc) is 2.48. The van der Waals surface area contributed by atoms with E-state index in [1.165, 1.54) is 6.42 Å². The summed E-state index contributed by atoms with van der Waals surface area (Å²) < 4.78 is 0. The van der Waals surface area contributed by atoms with Crippen molar-refractivity contribution in [1.29, 1.82) is 5.26 Å². The van der Waals surface area contributed by atoms with E-state index < -0.39 is 0 Å². The fourth-order valence-electron chi connectivity index (χ4n) is 3.22. The van der Waals surface area contributed by atoms with Gasteiger partial charge in [0.05, 0.1) is 0 Å². The van der Waals surface area contributed by atoms with Gasteiger partial charge in [-0.3, -0.25) is 4.79 Å². The molecule has 0 aliphatic carbocycles. The third-order valence-electron chi connectivity index (χ3n) is 4.28. The van der Waals surface area contributed by atoms with E-state index >= 15 is 0 Å². The highest BCUT2D eigenvalue weighted by atomic mass is 16.1. The molecule has 0 spiro atoms. The van der Waals surface area contributed by atoms with Crippen molar-refractivity contribution in [1.82, 2.24) is 4.90 Å². The zero-order valence-corrected chi connectivity index (χ0v) is 14.4. The van der Waals surface area contributed by atoms with E-state index in [4.69, 9.17) is 0 Å². The number of hydrogen-bond donors (Lipinski definition) is 1. The SMILES string of the molecule is Cc1cc(C)c(NC(=O)/C(C#N)=C\N2CCCC(C)C2)c(C)c1. The van der Waals surface area contributed by atoms with Gasteiger partial charge in [0.25, 0.3) is 5.91 Å². The first-order chi connectivity index (χ1) is 10.9. The Morgan fingerprint density at radius 2 is 2.00 bits per heavy atom. The second kappa shape index (κ2) is 7.32. The van der Waals surface area contributed by atoms with Gasteiger partial charge in [0.15, 0.2) is 0 Å². The third kappa shape index (κ3) is 4.35. The summed E-state index contributed by atoms with van der Waals surface area (Å²) in [5.41, 5.74) is 4.16. The van der Waals surface area contributed by atoms with Crippen molar-refractivity contribution in [3.63, 3.8) is 0 Å². The maximum Gasteiger partial charge on any atom is 0.267 e. The molecule has 1 atom stereocenters. The van der Waals surface area contributed by atoms with Crippen LogP contribution in [0.3, 0.4) is 0 Å². The fraction of sp³-hybridized carbons (Fsp3) is 0.474. The van der Waals surface area contributed by atoms with E-state index in [9.17, 15) is 10.1 Å². The first-order valence-corrected chi connectivity index (χ1v) is 8.16. The summed E-state index contributed by atoms with van der Waals surface area (Å²) in [5, 5.41) is 12.2. The molecule has 0 aromatic heterocycles. The number of benzene rings is 1. The zero-order chi connectivity index (χ0) is 17.0. The van der Waals surface area contributed by atoms with Crippen molar-refractivity contribution >= 4 is 11.6 Å². The van der Waals surface area contributed by atoms with Gasteiger partial charge in [0.1, 0.15) is 11.6 Å². The van der Waals surface area contributed by atoms with Gasteiger partial charge in [-0.1, -0.05) is 24.6 Å². The second-order valence-corrected chi connectivity index (χ2v) is 6.62. The van der Waals surface area contributed by atoms with Gasteiger partial charge in [0, 0.05) is 25.0 Å². The zero-order valence-electron chi connectivity index (χ0n) is 14.4. The largest absolute Gasteiger partial charge is 0.376 e. The minimum atomic E-state index is -0.333. The molecule has 4 heteroatoms. The average molecular weight is 311 g/mol. The molecular formula is C19H25N3O. The maximum atomic E-state index is 12.5. The summed E-state index contributed by atoms with van der Waals surface area (Å²) in [5.74, 6) is 0.269. The predicted octanol–water partition coefficient (Wildman–Crippen LogP) is 3.69. The molecule has 1 aromatic rings. The van der Waals surface area contributed by atoms with E-state index in [2.05, 4.69) is 17.1 Å². The van der Waals surface area contributed by atoms with Crippen LogP contribution in [0, 0.1) is 38.0 Å². The molecule has 1 aliphatic rings. The predicted molar refractivity (Wildman–Crippen MR) is 92.9 cm³/mol. The highest BCUT2D eigenvalue weighted by molar-refractivity contribution is 6.07. The highest BCUT2D eigenvalue weighted by Crippen LogP contribution is 2.23. The number of nitrogens with one attached hydrogen (secondary N) is 1. The number of anilines is 1. The molecule has 0 saturated carbocycles. The summed E-state index contributed by atoms with van der Waals surface area (Å²) >= 11 is 0. The standard InChI is InChI=1S/C19H25N3O/c1-13-6-5-7-22(11-13)12-17(10-20)19(23)21-18-15(3)8-14(2)9-16(18)4/h8-9,12-13H,5-7,11H2,1-4H3,(H,21,23)/b17-12-. The van der Waals surface area contributed by atoms with Crippen molar-refractivity contribution in [2.24, 2.45) is 5.92 Å². The van der Waals surface area contributed by atoms with Gasteiger partial charge >= 0.3 is 0 Å². The van der Waals surface area contributed by atoms with Crippen LogP contribution in [0.1, 0.15) is 36.5 Å². The number of likely N-dealkylation sites (tertiary alicyclic amines) is 1. The molecule has 1 fully saturated rings. The van der Waals surface area contributed by atoms with E-state index in [0.29, 0.717) is 5.92 Å². The number of rotatable bonds is 3. The molecule has 122 valence electrons. The lowest BCUT2D eigenvalue weighted by molar-refractivity contribution is -0.112. The van der Waals surface area contributed by atoms with Crippen molar-refractivity contribution in [3.8, 4) is 6.07 Å². The molecule has 1 amide bonds. The molecule has 4 nitrogen and oxygen atoms in total. The molecule has 1 unspecified atom stereocenters. The minimum absolute atomic E-state index is 0.165. The van der Waals surface area contributed by atoms with Gasteiger partial charge in [-0.25, -0.2) is 0 Å². The van der Waals surface area contributed by atoms with E-state index in [0.717, 1.165) is 41.9 Å². The van der Waals surface area contributed by atoms with Crippen LogP contribution in [-0.2, 0) is 4.79 Å². The van der Waals surface area contributed by atoms with Gasteiger partial charge in [-0.2, -0.15) is 5.26 Å². The number of piperidine rings is 1. The van der Waals surface area contributed by atoms with Gasteiger partial charge in [-0.05, 0) is 50.7 Å². The normalized spacial score (nSPS) is 18.5. The summed E-state index contributed by atoms with van der Waals surface area (Å²) in [6.45, 7) is 9.98. The monoisotopic (exact) mass is 311 g/mol. The Balaban J connectivity index is 2.16. The Morgan fingerprint density at radius 1 is 1.35 bits per heavy atom. The van der Waals surface area contributed by atoms with Crippen LogP contribution in [0.4, 0.5) is 5.69 Å². The minimum Gasteiger partial charge on any atom is -0.376 e. The van der Waals surface area contributed by atoms with Crippen molar-refractivity contribution < 1.29 is 4.79 Å². The Morgan fingerprint density at radius 3 is 2.57 bits per heavy atom. The lowest BCUT2D eigenvalue weighted by Crippen LogP contribution is -2.31. The summed E-state index contributed by atoms with van der Waals surface area (Å²) in [6.07, 6.45) is 4.03. The Labute approximate surface area is 138 Å². The summed E-state index contributed by atoms with van der Waals surface area (Å²) in [6, 6.07) is 6.11. The number of carbonyl (C=O) groups excluding carboxylic acids is 1. The quantitative estimate of drug-likeness (QED) is 0.684. The summed E-state index contributed by atoms with van der Waals surface area (Å²) in [7, 11) is 0. The molecule has 1 heterocycles. The van der Waals surface area contributed by atoms with E-state index in [1.54, 1.807) is 6.20 Å². The maximum absolute atomic E-state index is 12.5. The van der Waals surface area contributed by atoms with Gasteiger partial charge in [-0.15, -0.1) is 0 Å². The summed E-state index contributed by atoms with van der Waals surface area (Å²) in [4.78, 5) is 14.5. The first kappa shape index (κ1) is 17.1. The van der Waals surface area contributed by atoms with Gasteiger partial charge in [0.2, 0.25) is 0 Å². The van der Waals surface area contributed by atoms with Crippen LogP contribution in [0.15, 0.2) is 23.9 Å². The topological polar surface area (TPSA) is 56.1 Å². The number of carbonyl (C=O) groups is 1. The Kier molecular flexibility index (Phi) is 5.44. The van der Waals surface area contributed by atoms with Crippen LogP contribution < -0.4 is 5.32 Å². The van der Waals surface area contributed by atoms with Crippen LogP contribution >= 0.6 is 0 Å². The molecule has 1 aliphatic heterocycles. The Bertz CT molecular complexity index is 647. The molecule has 1 N–H and O–H groups in total. The van der Waals surface area contributed by atoms with E-state index in [1.807, 2.05) is 39.0 Å². The number of nitrogens with zero attached hydrogens (tertiary/aromatic N) is 2. The van der Waals surface area contributed by atoms with Gasteiger partial charge < -0.3 is 10.2 Å². The smallest absolute Gasteiger partial charge is 0.267 e. The highest BCUT2D eigenvalue weighted by Gasteiger charge is 2.17. The second-order valence-electron chi connectivity index (χ2n) is 6.62. The molecule has 23 heavy (non-hydrogen) atoms. The lowest BCUT2D eigenvalue weighted by Gasteiger charge is -2.29. The molecule has 1 aromatic carbocycles. The fourth-order valence-corrected chi connectivity index (χ4v) is 3.22. The number of hydrogen-bond acceptors (Lipinski definition) is 3. The first-order valence-electron chi connectivity index (χ1n) is 8.16. The van der Waals surface area contributed by atoms with Crippen LogP contribution in [0.5, 0.6) is 0 Å². The molecule has 2 rings (SSSR count). The lowest BCUT2D eigenvalue weighted by atomic mass is 10.0. The van der Waals surface area contributed by atoms with Crippen LogP contribution in [-0.4, -0.2) is 23.9 Å². The third-order valence-corrected chi connectivity index (χ3v) is 4.28. The Hall–Kier alpha value is -2.28. The number of nitriles is 1. The molecular weight excluding hydrogens is 286 g/mol. The number of amides is 1. The van der Waals surface area contributed by atoms with Crippen LogP contribution in [0.25, 0.3) is 0 Å². The molecule has 0 radical (unpaired) electrons. The number of aryl methyl sites for hydroxylation is 3. The van der Waals surface area contributed by atoms with Crippen molar-refractivity contribution in [3.05, 3.63) is 40.6 Å². The molecule has 0 bridgehead atoms. The van der Waals surface area contributed by atoms with Crippen molar-refractivity contribution in [2.45, 2.75) is 40.5 Å². The van der Waals surface area contributed by atoms with Crippen molar-refractivity contribution in [2.75, 3.05) is 18.4 Å². The van der Waals surface area contributed by atoms with Crippen LogP contribution in [0.2, 0.25) is 0 Å².